The van der Waals surface area contributed by atoms with Gasteiger partial charge in [0.25, 0.3) is 0 Å². The fourth-order valence-corrected chi connectivity index (χ4v) is 1.30. The molecule has 1 heterocycles. The molecule has 3 nitrogen and oxygen atoms in total. The van der Waals surface area contributed by atoms with Crippen LogP contribution >= 0.6 is 15.9 Å². The second kappa shape index (κ2) is 3.85. The molecule has 0 amide bonds. The molecule has 66 valence electrons. The summed E-state index contributed by atoms with van der Waals surface area (Å²) in [4.78, 5) is 11.3. The highest BCUT2D eigenvalue weighted by Gasteiger charge is 2.11. The lowest BCUT2D eigenvalue weighted by Crippen LogP contribution is -2.13. The summed E-state index contributed by atoms with van der Waals surface area (Å²) < 4.78 is 1.73. The summed E-state index contributed by atoms with van der Waals surface area (Å²) in [7, 11) is 0. The van der Waals surface area contributed by atoms with E-state index in [9.17, 15) is 4.79 Å². The van der Waals surface area contributed by atoms with Crippen molar-refractivity contribution in [2.75, 3.05) is 5.33 Å². The van der Waals surface area contributed by atoms with Crippen molar-refractivity contribution in [2.45, 2.75) is 19.9 Å². The SMILES string of the molecule is CC(C)n1nccc1C(=O)CBr. The number of aromatic nitrogens is 2. The molecular weight excluding hydrogens is 220 g/mol. The molecule has 0 saturated heterocycles. The Kier molecular flexibility index (Phi) is 3.03. The maximum Gasteiger partial charge on any atom is 0.191 e. The highest BCUT2D eigenvalue weighted by atomic mass is 79.9. The molecule has 0 aliphatic carbocycles. The molecule has 1 aromatic heterocycles. The molecule has 0 saturated carbocycles. The number of hydrogen-bond donors (Lipinski definition) is 0. The maximum atomic E-state index is 11.3. The maximum absolute atomic E-state index is 11.3. The first kappa shape index (κ1) is 9.45. The van der Waals surface area contributed by atoms with Gasteiger partial charge < -0.3 is 0 Å². The summed E-state index contributed by atoms with van der Waals surface area (Å²) in [6.07, 6.45) is 1.65. The third kappa shape index (κ3) is 1.75. The predicted octanol–water partition coefficient (Wildman–Crippen LogP) is 2.04. The van der Waals surface area contributed by atoms with Crippen molar-refractivity contribution in [3.05, 3.63) is 18.0 Å². The number of carbonyl (C=O) groups is 1. The Morgan fingerprint density at radius 2 is 2.42 bits per heavy atom. The Labute approximate surface area is 79.9 Å². The quantitative estimate of drug-likeness (QED) is 0.589. The summed E-state index contributed by atoms with van der Waals surface area (Å²) in [6, 6.07) is 1.97. The third-order valence-electron chi connectivity index (χ3n) is 1.57. The molecule has 0 radical (unpaired) electrons. The fraction of sp³-hybridized carbons (Fsp3) is 0.500. The van der Waals surface area contributed by atoms with Gasteiger partial charge in [0.1, 0.15) is 5.69 Å². The molecular formula is C8H11BrN2O. The standard InChI is InChI=1S/C8H11BrN2O/c1-6(2)11-7(3-4-10-11)8(12)5-9/h3-4,6H,5H2,1-2H3. The van der Waals surface area contributed by atoms with Gasteiger partial charge in [-0.1, -0.05) is 15.9 Å². The van der Waals surface area contributed by atoms with Crippen LogP contribution in [0.5, 0.6) is 0 Å². The van der Waals surface area contributed by atoms with Crippen LogP contribution in [0, 0.1) is 0 Å². The number of ketones is 1. The largest absolute Gasteiger partial charge is 0.292 e. The van der Waals surface area contributed by atoms with Crippen molar-refractivity contribution in [2.24, 2.45) is 0 Å². The smallest absolute Gasteiger partial charge is 0.191 e. The van der Waals surface area contributed by atoms with E-state index < -0.39 is 0 Å². The molecule has 1 rings (SSSR count). The molecule has 0 spiro atoms. The third-order valence-corrected chi connectivity index (χ3v) is 2.08. The molecule has 0 aliphatic rings. The lowest BCUT2D eigenvalue weighted by Gasteiger charge is -2.08. The average molecular weight is 231 g/mol. The molecule has 0 aromatic carbocycles. The normalized spacial score (nSPS) is 10.7. The van der Waals surface area contributed by atoms with E-state index in [1.807, 2.05) is 13.8 Å². The van der Waals surface area contributed by atoms with Crippen LogP contribution in [-0.4, -0.2) is 20.9 Å². The molecule has 12 heavy (non-hydrogen) atoms. The van der Waals surface area contributed by atoms with Gasteiger partial charge >= 0.3 is 0 Å². The van der Waals surface area contributed by atoms with E-state index in [0.29, 0.717) is 11.0 Å². The molecule has 0 atom stereocenters. The van der Waals surface area contributed by atoms with Crippen molar-refractivity contribution < 1.29 is 4.79 Å². The van der Waals surface area contributed by atoms with Crippen LogP contribution in [-0.2, 0) is 0 Å². The van der Waals surface area contributed by atoms with Crippen LogP contribution in [0.25, 0.3) is 0 Å². The number of halogens is 1. The van der Waals surface area contributed by atoms with Crippen LogP contribution in [0.3, 0.4) is 0 Å². The van der Waals surface area contributed by atoms with E-state index in [0.717, 1.165) is 0 Å². The van der Waals surface area contributed by atoms with Gasteiger partial charge in [0.15, 0.2) is 5.78 Å². The van der Waals surface area contributed by atoms with Gasteiger partial charge in [-0.25, -0.2) is 0 Å². The zero-order valence-corrected chi connectivity index (χ0v) is 8.71. The molecule has 0 unspecified atom stereocenters. The number of carbonyl (C=O) groups excluding carboxylic acids is 1. The lowest BCUT2D eigenvalue weighted by molar-refractivity contribution is 0.101. The van der Waals surface area contributed by atoms with Gasteiger partial charge in [-0.2, -0.15) is 5.10 Å². The summed E-state index contributed by atoms with van der Waals surface area (Å²) >= 11 is 3.13. The Hall–Kier alpha value is -0.640. The second-order valence-electron chi connectivity index (χ2n) is 2.81. The zero-order chi connectivity index (χ0) is 9.14. The van der Waals surface area contributed by atoms with Gasteiger partial charge in [0.05, 0.1) is 5.33 Å². The molecule has 0 aliphatic heterocycles. The molecule has 4 heteroatoms. The topological polar surface area (TPSA) is 34.9 Å². The van der Waals surface area contributed by atoms with Crippen LogP contribution in [0.2, 0.25) is 0 Å². The van der Waals surface area contributed by atoms with E-state index in [2.05, 4.69) is 21.0 Å². The Balaban J connectivity index is 2.99. The Morgan fingerprint density at radius 1 is 1.75 bits per heavy atom. The highest BCUT2D eigenvalue weighted by molar-refractivity contribution is 9.09. The molecule has 1 aromatic rings. The van der Waals surface area contributed by atoms with Crippen molar-refractivity contribution in [3.8, 4) is 0 Å². The van der Waals surface area contributed by atoms with Crippen LogP contribution in [0.15, 0.2) is 12.3 Å². The monoisotopic (exact) mass is 230 g/mol. The van der Waals surface area contributed by atoms with Gasteiger partial charge in [0.2, 0.25) is 0 Å². The van der Waals surface area contributed by atoms with Crippen LogP contribution in [0.1, 0.15) is 30.4 Å². The number of rotatable bonds is 3. The first-order valence-electron chi connectivity index (χ1n) is 3.79. The summed E-state index contributed by atoms with van der Waals surface area (Å²) in [6.45, 7) is 4.00. The Morgan fingerprint density at radius 3 is 2.92 bits per heavy atom. The average Bonchev–Trinajstić information content (AvgIpc) is 2.50. The summed E-state index contributed by atoms with van der Waals surface area (Å²) in [5, 5.41) is 4.41. The number of alkyl halides is 1. The first-order chi connectivity index (χ1) is 5.66. The van der Waals surface area contributed by atoms with Crippen molar-refractivity contribution in [3.63, 3.8) is 0 Å². The minimum Gasteiger partial charge on any atom is -0.292 e. The second-order valence-corrected chi connectivity index (χ2v) is 3.37. The lowest BCUT2D eigenvalue weighted by atomic mass is 10.3. The van der Waals surface area contributed by atoms with E-state index in [-0.39, 0.29) is 11.8 Å². The van der Waals surface area contributed by atoms with Gasteiger partial charge in [-0.05, 0) is 19.9 Å². The zero-order valence-electron chi connectivity index (χ0n) is 7.12. The minimum atomic E-state index is 0.0706. The fourth-order valence-electron chi connectivity index (χ4n) is 1.01. The van der Waals surface area contributed by atoms with E-state index in [1.165, 1.54) is 0 Å². The number of Topliss-reactive ketones (excluding diaryl/α,β-unsaturated/α-hetero) is 1. The van der Waals surface area contributed by atoms with Crippen LogP contribution in [0.4, 0.5) is 0 Å². The van der Waals surface area contributed by atoms with E-state index in [4.69, 9.17) is 0 Å². The first-order valence-corrected chi connectivity index (χ1v) is 4.91. The molecule has 0 N–H and O–H groups in total. The van der Waals surface area contributed by atoms with E-state index in [1.54, 1.807) is 16.9 Å². The van der Waals surface area contributed by atoms with Gasteiger partial charge in [0, 0.05) is 12.2 Å². The van der Waals surface area contributed by atoms with Crippen molar-refractivity contribution >= 4 is 21.7 Å². The number of nitrogens with zero attached hydrogens (tertiary/aromatic N) is 2. The van der Waals surface area contributed by atoms with Crippen molar-refractivity contribution in [1.29, 1.82) is 0 Å². The van der Waals surface area contributed by atoms with Crippen molar-refractivity contribution in [1.82, 2.24) is 9.78 Å². The summed E-state index contributed by atoms with van der Waals surface area (Å²) in [5.41, 5.74) is 0.668. The van der Waals surface area contributed by atoms with E-state index >= 15 is 0 Å². The highest BCUT2D eigenvalue weighted by Crippen LogP contribution is 2.09. The number of hydrogen-bond acceptors (Lipinski definition) is 2. The summed E-state index contributed by atoms with van der Waals surface area (Å²) in [5.74, 6) is 0.0706. The van der Waals surface area contributed by atoms with Crippen LogP contribution < -0.4 is 0 Å². The molecule has 0 bridgehead atoms. The molecule has 0 fully saturated rings. The predicted molar refractivity (Wildman–Crippen MR) is 50.7 cm³/mol. The van der Waals surface area contributed by atoms with Gasteiger partial charge in [-0.3, -0.25) is 9.48 Å². The van der Waals surface area contributed by atoms with Gasteiger partial charge in [-0.15, -0.1) is 0 Å². The minimum absolute atomic E-state index is 0.0706. The Bertz CT molecular complexity index is 280.